The number of rotatable bonds is 10. The van der Waals surface area contributed by atoms with E-state index in [1.165, 1.54) is 19.2 Å². The van der Waals surface area contributed by atoms with Crippen LogP contribution in [0.4, 0.5) is 5.69 Å². The van der Waals surface area contributed by atoms with Gasteiger partial charge in [-0.3, -0.25) is 19.6 Å². The SMILES string of the molecule is COc1ccc(S(=O)(=O)NCCNC(=O)c2ccc(Cn3nc(C)c([N+](=O)[O-])c3C)cc2)cc1. The molecule has 0 saturated carbocycles. The number of amides is 1. The quantitative estimate of drug-likeness (QED) is 0.253. The van der Waals surface area contributed by atoms with E-state index in [1.807, 2.05) is 0 Å². The summed E-state index contributed by atoms with van der Waals surface area (Å²) >= 11 is 0. The van der Waals surface area contributed by atoms with Crippen LogP contribution in [0.15, 0.2) is 53.4 Å². The molecule has 0 saturated heterocycles. The molecule has 3 rings (SSSR count). The fourth-order valence-electron chi connectivity index (χ4n) is 3.34. The predicted octanol–water partition coefficient (Wildman–Crippen LogP) is 2.17. The number of hydrogen-bond donors (Lipinski definition) is 2. The summed E-state index contributed by atoms with van der Waals surface area (Å²) in [7, 11) is -2.21. The van der Waals surface area contributed by atoms with E-state index in [4.69, 9.17) is 4.74 Å². The maximum atomic E-state index is 12.4. The highest BCUT2D eigenvalue weighted by atomic mass is 32.2. The molecule has 12 heteroatoms. The Morgan fingerprint density at radius 1 is 1.09 bits per heavy atom. The fraction of sp³-hybridized carbons (Fsp3) is 0.273. The van der Waals surface area contributed by atoms with Crippen LogP contribution in [0.1, 0.15) is 27.3 Å². The molecule has 2 aromatic carbocycles. The molecule has 0 aliphatic carbocycles. The smallest absolute Gasteiger partial charge is 0.312 e. The van der Waals surface area contributed by atoms with Crippen LogP contribution in [-0.4, -0.2) is 49.2 Å². The van der Waals surface area contributed by atoms with Gasteiger partial charge in [0.05, 0.1) is 23.5 Å². The van der Waals surface area contributed by atoms with Gasteiger partial charge in [0, 0.05) is 18.7 Å². The average molecular weight is 488 g/mol. The highest BCUT2D eigenvalue weighted by molar-refractivity contribution is 7.89. The minimum Gasteiger partial charge on any atom is -0.497 e. The molecule has 0 aliphatic heterocycles. The molecule has 180 valence electrons. The molecule has 1 aromatic heterocycles. The first-order valence-electron chi connectivity index (χ1n) is 10.3. The Bertz CT molecular complexity index is 1280. The number of carbonyl (C=O) groups is 1. The summed E-state index contributed by atoms with van der Waals surface area (Å²) in [4.78, 5) is 23.2. The Kier molecular flexibility index (Phi) is 7.64. The molecule has 1 amide bonds. The molecule has 0 aliphatic rings. The molecule has 0 bridgehead atoms. The zero-order chi connectivity index (χ0) is 24.9. The van der Waals surface area contributed by atoms with Gasteiger partial charge in [0.1, 0.15) is 17.1 Å². The van der Waals surface area contributed by atoms with Crippen LogP contribution in [0.2, 0.25) is 0 Å². The van der Waals surface area contributed by atoms with Crippen molar-refractivity contribution in [2.24, 2.45) is 0 Å². The van der Waals surface area contributed by atoms with E-state index in [2.05, 4.69) is 15.1 Å². The number of hydrogen-bond acceptors (Lipinski definition) is 7. The Balaban J connectivity index is 1.52. The zero-order valence-electron chi connectivity index (χ0n) is 18.9. The van der Waals surface area contributed by atoms with Gasteiger partial charge < -0.3 is 10.1 Å². The topological polar surface area (TPSA) is 145 Å². The summed E-state index contributed by atoms with van der Waals surface area (Å²) in [5.74, 6) is 0.199. The lowest BCUT2D eigenvalue weighted by molar-refractivity contribution is -0.386. The third-order valence-electron chi connectivity index (χ3n) is 5.15. The molecule has 2 N–H and O–H groups in total. The highest BCUT2D eigenvalue weighted by Gasteiger charge is 2.21. The van der Waals surface area contributed by atoms with Crippen molar-refractivity contribution in [3.05, 3.63) is 81.2 Å². The predicted molar refractivity (Wildman–Crippen MR) is 124 cm³/mol. The van der Waals surface area contributed by atoms with Gasteiger partial charge >= 0.3 is 5.69 Å². The molecule has 34 heavy (non-hydrogen) atoms. The van der Waals surface area contributed by atoms with Crippen molar-refractivity contribution >= 4 is 21.6 Å². The summed E-state index contributed by atoms with van der Waals surface area (Å²) in [5, 5.41) is 18.0. The van der Waals surface area contributed by atoms with Gasteiger partial charge in [-0.25, -0.2) is 13.1 Å². The minimum absolute atomic E-state index is 0.00128. The summed E-state index contributed by atoms with van der Waals surface area (Å²) in [6.07, 6.45) is 0. The third kappa shape index (κ3) is 5.77. The second kappa shape index (κ2) is 10.4. The van der Waals surface area contributed by atoms with E-state index in [9.17, 15) is 23.3 Å². The minimum atomic E-state index is -3.70. The first kappa shape index (κ1) is 24.9. The molecule has 1 heterocycles. The van der Waals surface area contributed by atoms with Crippen LogP contribution in [0.3, 0.4) is 0 Å². The lowest BCUT2D eigenvalue weighted by Gasteiger charge is -2.09. The number of sulfonamides is 1. The molecule has 3 aromatic rings. The lowest BCUT2D eigenvalue weighted by Crippen LogP contribution is -2.34. The van der Waals surface area contributed by atoms with Gasteiger partial charge in [0.15, 0.2) is 0 Å². The molecular weight excluding hydrogens is 462 g/mol. The number of nitro groups is 1. The van der Waals surface area contributed by atoms with Crippen molar-refractivity contribution in [2.45, 2.75) is 25.3 Å². The van der Waals surface area contributed by atoms with E-state index in [0.29, 0.717) is 29.2 Å². The summed E-state index contributed by atoms with van der Waals surface area (Å²) in [5.41, 5.74) is 2.03. The maximum Gasteiger partial charge on any atom is 0.312 e. The van der Waals surface area contributed by atoms with E-state index < -0.39 is 14.9 Å². The third-order valence-corrected chi connectivity index (χ3v) is 6.62. The van der Waals surface area contributed by atoms with Crippen molar-refractivity contribution in [1.29, 1.82) is 0 Å². The Hall–Kier alpha value is -3.77. The van der Waals surface area contributed by atoms with Crippen LogP contribution in [0.25, 0.3) is 0 Å². The number of methoxy groups -OCH3 is 1. The second-order valence-corrected chi connectivity index (χ2v) is 9.23. The first-order valence-corrected chi connectivity index (χ1v) is 11.8. The maximum absolute atomic E-state index is 12.4. The van der Waals surface area contributed by atoms with Crippen LogP contribution in [0.5, 0.6) is 5.75 Å². The second-order valence-electron chi connectivity index (χ2n) is 7.46. The normalized spacial score (nSPS) is 11.3. The molecule has 0 spiro atoms. The van der Waals surface area contributed by atoms with E-state index in [1.54, 1.807) is 54.9 Å². The molecule has 0 atom stereocenters. The van der Waals surface area contributed by atoms with Crippen molar-refractivity contribution in [3.63, 3.8) is 0 Å². The van der Waals surface area contributed by atoms with Crippen molar-refractivity contribution in [3.8, 4) is 5.75 Å². The largest absolute Gasteiger partial charge is 0.497 e. The Morgan fingerprint density at radius 3 is 2.29 bits per heavy atom. The van der Waals surface area contributed by atoms with E-state index >= 15 is 0 Å². The van der Waals surface area contributed by atoms with Gasteiger partial charge in [0.25, 0.3) is 5.91 Å². The fourth-order valence-corrected chi connectivity index (χ4v) is 4.37. The number of aryl methyl sites for hydroxylation is 1. The van der Waals surface area contributed by atoms with Crippen LogP contribution < -0.4 is 14.8 Å². The molecule has 0 radical (unpaired) electrons. The van der Waals surface area contributed by atoms with Gasteiger partial charge in [-0.05, 0) is 55.8 Å². The molecule has 11 nitrogen and oxygen atoms in total. The molecule has 0 fully saturated rings. The molecular formula is C22H25N5O6S. The van der Waals surface area contributed by atoms with Gasteiger partial charge in [-0.2, -0.15) is 5.10 Å². The van der Waals surface area contributed by atoms with Crippen molar-refractivity contribution in [1.82, 2.24) is 19.8 Å². The van der Waals surface area contributed by atoms with E-state index in [-0.39, 0.29) is 29.6 Å². The standard InChI is InChI=1S/C22H25N5O6S/c1-15-21(27(29)30)16(2)26(25-15)14-17-4-6-18(7-5-17)22(28)23-12-13-24-34(31,32)20-10-8-19(33-3)9-11-20/h4-11,24H,12-14H2,1-3H3,(H,23,28). The van der Waals surface area contributed by atoms with E-state index in [0.717, 1.165) is 5.56 Å². The summed E-state index contributed by atoms with van der Waals surface area (Å²) < 4.78 is 33.6. The van der Waals surface area contributed by atoms with Crippen molar-refractivity contribution < 1.29 is 22.9 Å². The number of nitrogens with one attached hydrogen (secondary N) is 2. The van der Waals surface area contributed by atoms with Crippen LogP contribution in [-0.2, 0) is 16.6 Å². The summed E-state index contributed by atoms with van der Waals surface area (Å²) in [6, 6.07) is 12.7. The van der Waals surface area contributed by atoms with Crippen molar-refractivity contribution in [2.75, 3.05) is 20.2 Å². The van der Waals surface area contributed by atoms with Gasteiger partial charge in [-0.15, -0.1) is 0 Å². The van der Waals surface area contributed by atoms with Gasteiger partial charge in [0.2, 0.25) is 10.0 Å². The monoisotopic (exact) mass is 487 g/mol. The number of ether oxygens (including phenoxy) is 1. The number of aromatic nitrogens is 2. The lowest BCUT2D eigenvalue weighted by atomic mass is 10.1. The summed E-state index contributed by atoms with van der Waals surface area (Å²) in [6.45, 7) is 3.69. The first-order chi connectivity index (χ1) is 16.1. The number of benzene rings is 2. The van der Waals surface area contributed by atoms with Crippen LogP contribution in [0, 0.1) is 24.0 Å². The number of nitrogens with zero attached hydrogens (tertiary/aromatic N) is 3. The number of carbonyl (C=O) groups excluding carboxylic acids is 1. The highest BCUT2D eigenvalue weighted by Crippen LogP contribution is 2.22. The Labute approximate surface area is 196 Å². The Morgan fingerprint density at radius 2 is 1.74 bits per heavy atom. The van der Waals surface area contributed by atoms with Crippen LogP contribution >= 0.6 is 0 Å². The average Bonchev–Trinajstić information content (AvgIpc) is 3.09. The van der Waals surface area contributed by atoms with Gasteiger partial charge in [-0.1, -0.05) is 12.1 Å². The zero-order valence-corrected chi connectivity index (χ0v) is 19.8. The molecule has 0 unspecified atom stereocenters.